The van der Waals surface area contributed by atoms with Gasteiger partial charge in [0.25, 0.3) is 5.91 Å². The highest BCUT2D eigenvalue weighted by molar-refractivity contribution is 8.15. The Labute approximate surface area is 212 Å². The SMILES string of the molecule is COc1ccc(C2=NN(C3=NC(=O)C(CC(=O)Nc4ccccc4)S3)C(c3ccc(F)cc3)C2)cc1. The van der Waals surface area contributed by atoms with E-state index >= 15 is 0 Å². The number of ether oxygens (including phenoxy) is 1. The minimum atomic E-state index is -0.641. The molecule has 0 fully saturated rings. The molecule has 1 N–H and O–H groups in total. The second-order valence-corrected chi connectivity index (χ2v) is 9.52. The first-order valence-corrected chi connectivity index (χ1v) is 12.3. The second kappa shape index (κ2) is 10.3. The lowest BCUT2D eigenvalue weighted by molar-refractivity contribution is -0.121. The van der Waals surface area contributed by atoms with Gasteiger partial charge in [-0.2, -0.15) is 10.1 Å². The minimum absolute atomic E-state index is 0.00446. The normalized spacial score (nSPS) is 19.2. The summed E-state index contributed by atoms with van der Waals surface area (Å²) in [7, 11) is 1.61. The molecule has 7 nitrogen and oxygen atoms in total. The number of halogens is 1. The van der Waals surface area contributed by atoms with Crippen LogP contribution in [0.15, 0.2) is 89.0 Å². The van der Waals surface area contributed by atoms with Gasteiger partial charge in [0, 0.05) is 18.5 Å². The molecule has 2 amide bonds. The monoisotopic (exact) mass is 502 g/mol. The fourth-order valence-corrected chi connectivity index (χ4v) is 5.16. The quantitative estimate of drug-likeness (QED) is 0.512. The van der Waals surface area contributed by atoms with E-state index in [1.54, 1.807) is 36.4 Å². The van der Waals surface area contributed by atoms with Gasteiger partial charge in [0.2, 0.25) is 5.91 Å². The molecule has 5 rings (SSSR count). The molecule has 2 heterocycles. The number of nitrogens with zero attached hydrogens (tertiary/aromatic N) is 3. The second-order valence-electron chi connectivity index (χ2n) is 8.35. The fraction of sp³-hybridized carbons (Fsp3) is 0.185. The van der Waals surface area contributed by atoms with Gasteiger partial charge in [-0.25, -0.2) is 9.40 Å². The van der Waals surface area contributed by atoms with Crippen molar-refractivity contribution in [1.29, 1.82) is 0 Å². The molecular weight excluding hydrogens is 479 g/mol. The summed E-state index contributed by atoms with van der Waals surface area (Å²) >= 11 is 1.22. The van der Waals surface area contributed by atoms with Gasteiger partial charge < -0.3 is 10.1 Å². The maximum absolute atomic E-state index is 13.6. The molecular formula is C27H23FN4O3S. The van der Waals surface area contributed by atoms with Gasteiger partial charge in [-0.15, -0.1) is 0 Å². The largest absolute Gasteiger partial charge is 0.497 e. The van der Waals surface area contributed by atoms with Crippen molar-refractivity contribution in [2.24, 2.45) is 10.1 Å². The van der Waals surface area contributed by atoms with Crippen LogP contribution in [0.1, 0.15) is 30.0 Å². The summed E-state index contributed by atoms with van der Waals surface area (Å²) in [6.07, 6.45) is 0.542. The van der Waals surface area contributed by atoms with Crippen molar-refractivity contribution in [2.75, 3.05) is 12.4 Å². The van der Waals surface area contributed by atoms with E-state index < -0.39 is 5.25 Å². The molecule has 2 aliphatic heterocycles. The van der Waals surface area contributed by atoms with Crippen LogP contribution in [0.3, 0.4) is 0 Å². The average molecular weight is 503 g/mol. The summed E-state index contributed by atoms with van der Waals surface area (Å²) in [6.45, 7) is 0. The van der Waals surface area contributed by atoms with E-state index in [-0.39, 0.29) is 30.1 Å². The van der Waals surface area contributed by atoms with Crippen molar-refractivity contribution in [3.8, 4) is 5.75 Å². The third-order valence-electron chi connectivity index (χ3n) is 5.94. The van der Waals surface area contributed by atoms with Crippen LogP contribution in [-0.4, -0.2) is 40.1 Å². The van der Waals surface area contributed by atoms with Crippen LogP contribution < -0.4 is 10.1 Å². The first-order chi connectivity index (χ1) is 17.5. The Kier molecular flexibility index (Phi) is 6.81. The van der Waals surface area contributed by atoms with Crippen LogP contribution in [0.5, 0.6) is 5.75 Å². The van der Waals surface area contributed by atoms with Gasteiger partial charge in [0.05, 0.1) is 18.9 Å². The van der Waals surface area contributed by atoms with Gasteiger partial charge in [0.1, 0.15) is 16.8 Å². The Morgan fingerprint density at radius 1 is 1.08 bits per heavy atom. The Balaban J connectivity index is 1.36. The number of nitrogens with one attached hydrogen (secondary N) is 1. The van der Waals surface area contributed by atoms with Gasteiger partial charge in [0.15, 0.2) is 5.17 Å². The Bertz CT molecular complexity index is 1330. The van der Waals surface area contributed by atoms with Crippen molar-refractivity contribution in [2.45, 2.75) is 24.1 Å². The molecule has 0 saturated heterocycles. The molecule has 182 valence electrons. The smallest absolute Gasteiger partial charge is 0.262 e. The average Bonchev–Trinajstić information content (AvgIpc) is 3.49. The number of rotatable bonds is 6. The zero-order chi connectivity index (χ0) is 25.1. The molecule has 0 radical (unpaired) electrons. The first kappa shape index (κ1) is 23.7. The number of carbonyl (C=O) groups excluding carboxylic acids is 2. The third-order valence-corrected chi connectivity index (χ3v) is 7.08. The number of methoxy groups -OCH3 is 1. The van der Waals surface area contributed by atoms with E-state index in [9.17, 15) is 14.0 Å². The maximum Gasteiger partial charge on any atom is 0.262 e. The van der Waals surface area contributed by atoms with E-state index in [0.29, 0.717) is 17.3 Å². The number of amidine groups is 1. The van der Waals surface area contributed by atoms with Crippen molar-refractivity contribution in [3.05, 3.63) is 95.8 Å². The minimum Gasteiger partial charge on any atom is -0.497 e. The highest BCUT2D eigenvalue weighted by atomic mass is 32.2. The number of anilines is 1. The summed E-state index contributed by atoms with van der Waals surface area (Å²) < 4.78 is 18.9. The van der Waals surface area contributed by atoms with Crippen molar-refractivity contribution in [3.63, 3.8) is 0 Å². The molecule has 0 aromatic heterocycles. The van der Waals surface area contributed by atoms with Crippen LogP contribution in [-0.2, 0) is 9.59 Å². The van der Waals surface area contributed by atoms with Gasteiger partial charge >= 0.3 is 0 Å². The molecule has 2 aliphatic rings. The number of hydrogen-bond acceptors (Lipinski definition) is 6. The van der Waals surface area contributed by atoms with E-state index in [2.05, 4.69) is 10.3 Å². The summed E-state index contributed by atoms with van der Waals surface area (Å²) in [4.78, 5) is 29.5. The number of benzene rings is 3. The van der Waals surface area contributed by atoms with Crippen LogP contribution in [0.2, 0.25) is 0 Å². The lowest BCUT2D eigenvalue weighted by Gasteiger charge is -2.23. The number of para-hydroxylation sites is 1. The fourth-order valence-electron chi connectivity index (χ4n) is 4.10. The van der Waals surface area contributed by atoms with Gasteiger partial charge in [-0.3, -0.25) is 9.59 Å². The van der Waals surface area contributed by atoms with Crippen LogP contribution in [0.4, 0.5) is 10.1 Å². The molecule has 2 atom stereocenters. The summed E-state index contributed by atoms with van der Waals surface area (Å²) in [6, 6.07) is 22.6. The Morgan fingerprint density at radius 2 is 1.81 bits per heavy atom. The molecule has 2 unspecified atom stereocenters. The van der Waals surface area contributed by atoms with Crippen LogP contribution in [0, 0.1) is 5.82 Å². The number of hydrogen-bond donors (Lipinski definition) is 1. The lowest BCUT2D eigenvalue weighted by atomic mass is 9.98. The number of amides is 2. The van der Waals surface area contributed by atoms with E-state index in [1.165, 1.54) is 23.9 Å². The molecule has 3 aromatic rings. The summed E-state index contributed by atoms with van der Waals surface area (Å²) in [5.74, 6) is -0.222. The summed E-state index contributed by atoms with van der Waals surface area (Å²) in [5.41, 5.74) is 3.25. The topological polar surface area (TPSA) is 83.4 Å². The summed E-state index contributed by atoms with van der Waals surface area (Å²) in [5, 5.41) is 9.11. The highest BCUT2D eigenvalue weighted by Gasteiger charge is 2.39. The molecule has 0 bridgehead atoms. The molecule has 36 heavy (non-hydrogen) atoms. The van der Waals surface area contributed by atoms with Crippen LogP contribution in [0.25, 0.3) is 0 Å². The third kappa shape index (κ3) is 5.16. The number of carbonyl (C=O) groups is 2. The maximum atomic E-state index is 13.6. The van der Waals surface area contributed by atoms with E-state index in [0.717, 1.165) is 22.6 Å². The number of aliphatic imine (C=N–C) groups is 1. The van der Waals surface area contributed by atoms with Gasteiger partial charge in [-0.05, 0) is 59.7 Å². The standard InChI is InChI=1S/C27H23FN4O3S/c1-35-21-13-9-17(10-14-21)22-15-23(18-7-11-19(28)12-8-18)32(31-22)27-30-26(34)24(36-27)16-25(33)29-20-5-3-2-4-6-20/h2-14,23-24H,15-16H2,1H3,(H,29,33). The molecule has 3 aromatic carbocycles. The van der Waals surface area contributed by atoms with Gasteiger partial charge in [-0.1, -0.05) is 42.1 Å². The highest BCUT2D eigenvalue weighted by Crippen LogP contribution is 2.38. The first-order valence-electron chi connectivity index (χ1n) is 11.4. The molecule has 0 aliphatic carbocycles. The predicted molar refractivity (Wildman–Crippen MR) is 139 cm³/mol. The zero-order valence-corrected chi connectivity index (χ0v) is 20.2. The van der Waals surface area contributed by atoms with Crippen molar-refractivity contribution >= 4 is 40.1 Å². The molecule has 9 heteroatoms. The van der Waals surface area contributed by atoms with Crippen molar-refractivity contribution in [1.82, 2.24) is 5.01 Å². The van der Waals surface area contributed by atoms with E-state index in [4.69, 9.17) is 9.84 Å². The molecule has 0 saturated carbocycles. The Hall–Kier alpha value is -3.98. The van der Waals surface area contributed by atoms with E-state index in [1.807, 2.05) is 42.5 Å². The number of hydrazone groups is 1. The van der Waals surface area contributed by atoms with Crippen LogP contribution >= 0.6 is 11.8 Å². The molecule has 0 spiro atoms. The zero-order valence-electron chi connectivity index (χ0n) is 19.4. The predicted octanol–water partition coefficient (Wildman–Crippen LogP) is 5.01. The number of thioether (sulfide) groups is 1. The Morgan fingerprint density at radius 3 is 2.50 bits per heavy atom. The lowest BCUT2D eigenvalue weighted by Crippen LogP contribution is -2.25. The van der Waals surface area contributed by atoms with Crippen molar-refractivity contribution < 1.29 is 18.7 Å².